The molecule has 1 atom stereocenters. The summed E-state index contributed by atoms with van der Waals surface area (Å²) in [5.41, 5.74) is 1.47. The number of carbonyl (C=O) groups excluding carboxylic acids is 1. The number of nitrogens with one attached hydrogen (secondary N) is 2. The maximum absolute atomic E-state index is 12.7. The van der Waals surface area contributed by atoms with Gasteiger partial charge in [0.25, 0.3) is 0 Å². The summed E-state index contributed by atoms with van der Waals surface area (Å²) < 4.78 is 26.9. The Morgan fingerprint density at radius 2 is 2.24 bits per heavy atom. The number of benzene rings is 1. The van der Waals surface area contributed by atoms with Crippen LogP contribution in [0.2, 0.25) is 0 Å². The number of rotatable bonds is 4. The molecule has 6 nitrogen and oxygen atoms in total. The zero-order valence-corrected chi connectivity index (χ0v) is 12.7. The van der Waals surface area contributed by atoms with E-state index in [4.69, 9.17) is 0 Å². The van der Waals surface area contributed by atoms with Crippen molar-refractivity contribution in [2.75, 3.05) is 32.0 Å². The van der Waals surface area contributed by atoms with E-state index in [1.807, 2.05) is 7.05 Å². The maximum atomic E-state index is 12.7. The highest BCUT2D eigenvalue weighted by atomic mass is 32.2. The van der Waals surface area contributed by atoms with Crippen molar-refractivity contribution in [3.8, 4) is 0 Å². The molecule has 0 aliphatic carbocycles. The summed E-state index contributed by atoms with van der Waals surface area (Å²) in [6.07, 6.45) is 1.13. The second-order valence-corrected chi connectivity index (χ2v) is 7.56. The van der Waals surface area contributed by atoms with E-state index in [-0.39, 0.29) is 17.2 Å². The molecule has 2 N–H and O–H groups in total. The third-order valence-corrected chi connectivity index (χ3v) is 5.94. The first-order valence-electron chi connectivity index (χ1n) is 7.08. The zero-order chi connectivity index (χ0) is 15.0. The molecule has 1 amide bonds. The first-order valence-corrected chi connectivity index (χ1v) is 8.52. The Hall–Kier alpha value is -1.44. The van der Waals surface area contributed by atoms with Crippen LogP contribution in [0.4, 0.5) is 5.69 Å². The molecule has 1 unspecified atom stereocenters. The Balaban J connectivity index is 1.83. The number of anilines is 1. The average Bonchev–Trinajstić information content (AvgIpc) is 3.03. The van der Waals surface area contributed by atoms with Crippen LogP contribution in [0, 0.1) is 5.92 Å². The van der Waals surface area contributed by atoms with Crippen molar-refractivity contribution in [3.05, 3.63) is 23.8 Å². The van der Waals surface area contributed by atoms with Crippen molar-refractivity contribution in [1.82, 2.24) is 9.62 Å². The Kier molecular flexibility index (Phi) is 3.73. The normalized spacial score (nSPS) is 22.3. The second kappa shape index (κ2) is 5.40. The van der Waals surface area contributed by atoms with E-state index < -0.39 is 10.0 Å². The van der Waals surface area contributed by atoms with Gasteiger partial charge in [0.05, 0.1) is 11.3 Å². The highest BCUT2D eigenvalue weighted by Crippen LogP contribution is 2.29. The van der Waals surface area contributed by atoms with Crippen LogP contribution in [0.25, 0.3) is 0 Å². The molecule has 7 heteroatoms. The van der Waals surface area contributed by atoms with E-state index in [0.29, 0.717) is 24.7 Å². The summed E-state index contributed by atoms with van der Waals surface area (Å²) in [7, 11) is -1.59. The predicted octanol–water partition coefficient (Wildman–Crippen LogP) is 0.411. The van der Waals surface area contributed by atoms with Crippen molar-refractivity contribution >= 4 is 21.6 Å². The number of fused-ring (bicyclic) bond motifs is 1. The molecule has 0 saturated carbocycles. The third kappa shape index (κ3) is 2.68. The molecule has 2 aliphatic rings. The monoisotopic (exact) mass is 309 g/mol. The Bertz CT molecular complexity index is 672. The van der Waals surface area contributed by atoms with E-state index in [0.717, 1.165) is 18.5 Å². The number of amides is 1. The van der Waals surface area contributed by atoms with Gasteiger partial charge in [-0.25, -0.2) is 8.42 Å². The van der Waals surface area contributed by atoms with Gasteiger partial charge in [-0.05, 0) is 49.7 Å². The standard InChI is InChI=1S/C14H19N3O3S/c1-15-8-10-4-5-17(9-10)21(19,20)12-2-3-13-11(6-12)7-14(18)16-13/h2-3,6,10,15H,4-5,7-9H2,1H3,(H,16,18). The Morgan fingerprint density at radius 1 is 1.43 bits per heavy atom. The number of hydrogen-bond donors (Lipinski definition) is 2. The van der Waals surface area contributed by atoms with Crippen LogP contribution < -0.4 is 10.6 Å². The van der Waals surface area contributed by atoms with Gasteiger partial charge in [0.1, 0.15) is 0 Å². The number of nitrogens with zero attached hydrogens (tertiary/aromatic N) is 1. The number of hydrogen-bond acceptors (Lipinski definition) is 4. The second-order valence-electron chi connectivity index (χ2n) is 5.62. The summed E-state index contributed by atoms with van der Waals surface area (Å²) in [5.74, 6) is 0.275. The minimum absolute atomic E-state index is 0.0881. The molecule has 2 aliphatic heterocycles. The van der Waals surface area contributed by atoms with Gasteiger partial charge in [-0.2, -0.15) is 4.31 Å². The number of sulfonamides is 1. The van der Waals surface area contributed by atoms with Crippen LogP contribution in [-0.4, -0.2) is 45.3 Å². The van der Waals surface area contributed by atoms with Crippen LogP contribution >= 0.6 is 0 Å². The minimum atomic E-state index is -3.46. The molecule has 0 spiro atoms. The van der Waals surface area contributed by atoms with Crippen molar-refractivity contribution in [1.29, 1.82) is 0 Å². The van der Waals surface area contributed by atoms with Gasteiger partial charge in [-0.3, -0.25) is 4.79 Å². The quantitative estimate of drug-likeness (QED) is 0.844. The molecule has 1 aromatic rings. The van der Waals surface area contributed by atoms with E-state index in [1.165, 1.54) is 0 Å². The van der Waals surface area contributed by atoms with Gasteiger partial charge in [0.15, 0.2) is 0 Å². The summed E-state index contributed by atoms with van der Waals surface area (Å²) in [6, 6.07) is 4.87. The molecule has 21 heavy (non-hydrogen) atoms. The SMILES string of the molecule is CNCC1CCN(S(=O)(=O)c2ccc3c(c2)CC(=O)N3)C1. The van der Waals surface area contributed by atoms with Gasteiger partial charge in [-0.1, -0.05) is 0 Å². The topological polar surface area (TPSA) is 78.5 Å². The molecule has 114 valence electrons. The van der Waals surface area contributed by atoms with Crippen molar-refractivity contribution in [2.24, 2.45) is 5.92 Å². The smallest absolute Gasteiger partial charge is 0.243 e. The average molecular weight is 309 g/mol. The first kappa shape index (κ1) is 14.5. The molecular formula is C14H19N3O3S. The van der Waals surface area contributed by atoms with Gasteiger partial charge in [-0.15, -0.1) is 0 Å². The highest BCUT2D eigenvalue weighted by molar-refractivity contribution is 7.89. The summed E-state index contributed by atoms with van der Waals surface area (Å²) >= 11 is 0. The van der Waals surface area contributed by atoms with Crippen LogP contribution in [0.3, 0.4) is 0 Å². The molecule has 1 fully saturated rings. The van der Waals surface area contributed by atoms with E-state index in [9.17, 15) is 13.2 Å². The van der Waals surface area contributed by atoms with Crippen LogP contribution in [-0.2, 0) is 21.2 Å². The lowest BCUT2D eigenvalue weighted by Gasteiger charge is -2.17. The fraction of sp³-hybridized carbons (Fsp3) is 0.500. The first-order chi connectivity index (χ1) is 10.0. The third-order valence-electron chi connectivity index (χ3n) is 4.08. The largest absolute Gasteiger partial charge is 0.326 e. The summed E-state index contributed by atoms with van der Waals surface area (Å²) in [4.78, 5) is 11.6. The van der Waals surface area contributed by atoms with Crippen LogP contribution in [0.1, 0.15) is 12.0 Å². The maximum Gasteiger partial charge on any atom is 0.243 e. The van der Waals surface area contributed by atoms with Gasteiger partial charge in [0.2, 0.25) is 15.9 Å². The van der Waals surface area contributed by atoms with Crippen LogP contribution in [0.5, 0.6) is 0 Å². The van der Waals surface area contributed by atoms with Crippen molar-refractivity contribution in [2.45, 2.75) is 17.7 Å². The zero-order valence-electron chi connectivity index (χ0n) is 11.9. The molecule has 3 rings (SSSR count). The molecule has 0 radical (unpaired) electrons. The van der Waals surface area contributed by atoms with Crippen LogP contribution in [0.15, 0.2) is 23.1 Å². The Morgan fingerprint density at radius 3 is 3.00 bits per heavy atom. The molecule has 0 bridgehead atoms. The Labute approximate surface area is 124 Å². The van der Waals surface area contributed by atoms with E-state index in [2.05, 4.69) is 10.6 Å². The van der Waals surface area contributed by atoms with Crippen molar-refractivity contribution < 1.29 is 13.2 Å². The van der Waals surface area contributed by atoms with E-state index >= 15 is 0 Å². The molecule has 2 heterocycles. The van der Waals surface area contributed by atoms with Gasteiger partial charge < -0.3 is 10.6 Å². The lowest BCUT2D eigenvalue weighted by Crippen LogP contribution is -2.30. The van der Waals surface area contributed by atoms with Gasteiger partial charge in [0, 0.05) is 18.8 Å². The fourth-order valence-electron chi connectivity index (χ4n) is 2.99. The lowest BCUT2D eigenvalue weighted by molar-refractivity contribution is -0.115. The highest BCUT2D eigenvalue weighted by Gasteiger charge is 2.33. The fourth-order valence-corrected chi connectivity index (χ4v) is 4.57. The minimum Gasteiger partial charge on any atom is -0.326 e. The summed E-state index contributed by atoms with van der Waals surface area (Å²) in [5, 5.41) is 5.81. The van der Waals surface area contributed by atoms with Gasteiger partial charge >= 0.3 is 0 Å². The number of carbonyl (C=O) groups is 1. The van der Waals surface area contributed by atoms with E-state index in [1.54, 1.807) is 22.5 Å². The summed E-state index contributed by atoms with van der Waals surface area (Å²) in [6.45, 7) is 1.94. The molecular weight excluding hydrogens is 290 g/mol. The molecule has 1 saturated heterocycles. The van der Waals surface area contributed by atoms with Crippen molar-refractivity contribution in [3.63, 3.8) is 0 Å². The molecule has 1 aromatic carbocycles. The lowest BCUT2D eigenvalue weighted by atomic mass is 10.1. The molecule has 0 aromatic heterocycles. The predicted molar refractivity (Wildman–Crippen MR) is 79.6 cm³/mol.